The van der Waals surface area contributed by atoms with Crippen LogP contribution in [0.25, 0.3) is 0 Å². The van der Waals surface area contributed by atoms with Crippen LogP contribution in [0.15, 0.2) is 41.8 Å². The maximum atomic E-state index is 12.3. The van der Waals surface area contributed by atoms with Crippen LogP contribution in [0.3, 0.4) is 0 Å². The lowest BCUT2D eigenvalue weighted by Gasteiger charge is -2.12. The lowest BCUT2D eigenvalue weighted by atomic mass is 10.2. The number of hydrazine groups is 1. The molecule has 2 N–H and O–H groups in total. The van der Waals surface area contributed by atoms with E-state index in [0.29, 0.717) is 22.8 Å². The Morgan fingerprint density at radius 2 is 1.79 bits per heavy atom. The van der Waals surface area contributed by atoms with E-state index in [0.717, 1.165) is 12.8 Å². The SMILES string of the molecule is CCCCCCOc1ccccc1C(=O)NNC(=O)c1cccs1. The van der Waals surface area contributed by atoms with Gasteiger partial charge in [-0.2, -0.15) is 0 Å². The van der Waals surface area contributed by atoms with E-state index in [2.05, 4.69) is 17.8 Å². The van der Waals surface area contributed by atoms with E-state index in [1.807, 2.05) is 6.07 Å². The normalized spacial score (nSPS) is 10.2. The first-order valence-corrected chi connectivity index (χ1v) is 8.96. The molecule has 24 heavy (non-hydrogen) atoms. The van der Waals surface area contributed by atoms with Gasteiger partial charge in [0.15, 0.2) is 0 Å². The van der Waals surface area contributed by atoms with Crippen molar-refractivity contribution in [2.75, 3.05) is 6.61 Å². The van der Waals surface area contributed by atoms with Crippen molar-refractivity contribution < 1.29 is 14.3 Å². The van der Waals surface area contributed by atoms with Crippen molar-refractivity contribution >= 4 is 23.2 Å². The third-order valence-corrected chi connectivity index (χ3v) is 4.29. The van der Waals surface area contributed by atoms with Crippen molar-refractivity contribution in [1.82, 2.24) is 10.9 Å². The molecule has 1 aromatic heterocycles. The molecular weight excluding hydrogens is 324 g/mol. The van der Waals surface area contributed by atoms with Gasteiger partial charge in [-0.1, -0.05) is 44.4 Å². The van der Waals surface area contributed by atoms with Gasteiger partial charge in [-0.25, -0.2) is 0 Å². The Balaban J connectivity index is 1.88. The Kier molecular flexibility index (Phi) is 7.29. The number of carbonyl (C=O) groups excluding carboxylic acids is 2. The van der Waals surface area contributed by atoms with Crippen LogP contribution in [0.2, 0.25) is 0 Å². The van der Waals surface area contributed by atoms with Crippen LogP contribution in [-0.2, 0) is 0 Å². The van der Waals surface area contributed by atoms with Crippen LogP contribution >= 0.6 is 11.3 Å². The number of ether oxygens (including phenoxy) is 1. The second-order valence-electron chi connectivity index (χ2n) is 5.29. The monoisotopic (exact) mass is 346 g/mol. The van der Waals surface area contributed by atoms with Crippen LogP contribution < -0.4 is 15.6 Å². The fourth-order valence-corrected chi connectivity index (χ4v) is 2.76. The summed E-state index contributed by atoms with van der Waals surface area (Å²) in [6.45, 7) is 2.73. The summed E-state index contributed by atoms with van der Waals surface area (Å²) in [6.07, 6.45) is 4.42. The lowest BCUT2D eigenvalue weighted by Crippen LogP contribution is -2.41. The molecule has 2 rings (SSSR count). The molecule has 6 heteroatoms. The molecule has 0 saturated heterocycles. The molecule has 0 atom stereocenters. The Morgan fingerprint density at radius 1 is 1.00 bits per heavy atom. The van der Waals surface area contributed by atoms with E-state index in [-0.39, 0.29) is 5.91 Å². The molecule has 0 fully saturated rings. The highest BCUT2D eigenvalue weighted by Crippen LogP contribution is 2.18. The Hall–Kier alpha value is -2.34. The number of unbranched alkanes of at least 4 members (excludes halogenated alkanes) is 3. The highest BCUT2D eigenvalue weighted by Gasteiger charge is 2.13. The topological polar surface area (TPSA) is 67.4 Å². The van der Waals surface area contributed by atoms with Gasteiger partial charge in [-0.05, 0) is 30.0 Å². The van der Waals surface area contributed by atoms with Crippen molar-refractivity contribution in [3.8, 4) is 5.75 Å². The highest BCUT2D eigenvalue weighted by molar-refractivity contribution is 7.12. The highest BCUT2D eigenvalue weighted by atomic mass is 32.1. The number of nitrogens with one attached hydrogen (secondary N) is 2. The molecule has 0 unspecified atom stereocenters. The molecule has 128 valence electrons. The predicted octanol–water partition coefficient (Wildman–Crippen LogP) is 3.78. The summed E-state index contributed by atoms with van der Waals surface area (Å²) in [5, 5.41) is 1.80. The van der Waals surface area contributed by atoms with Crippen molar-refractivity contribution in [1.29, 1.82) is 0 Å². The smallest absolute Gasteiger partial charge is 0.279 e. The summed E-state index contributed by atoms with van der Waals surface area (Å²) in [5.74, 6) is -0.211. The summed E-state index contributed by atoms with van der Waals surface area (Å²) in [5.41, 5.74) is 5.24. The molecule has 0 aliphatic rings. The van der Waals surface area contributed by atoms with Gasteiger partial charge in [0.2, 0.25) is 0 Å². The third kappa shape index (κ3) is 5.38. The first kappa shape index (κ1) is 18.0. The molecule has 0 aliphatic carbocycles. The summed E-state index contributed by atoms with van der Waals surface area (Å²) >= 11 is 1.31. The summed E-state index contributed by atoms with van der Waals surface area (Å²) in [4.78, 5) is 24.7. The standard InChI is InChI=1S/C18H22N2O3S/c1-2-3-4-7-12-23-15-10-6-5-9-14(15)17(21)19-20-18(22)16-11-8-13-24-16/h5-6,8-11,13H,2-4,7,12H2,1H3,(H,19,21)(H,20,22). The molecular formula is C18H22N2O3S. The summed E-state index contributed by atoms with van der Waals surface area (Å²) < 4.78 is 5.71. The quantitative estimate of drug-likeness (QED) is 0.564. The molecule has 0 saturated carbocycles. The average Bonchev–Trinajstić information content (AvgIpc) is 3.14. The zero-order chi connectivity index (χ0) is 17.2. The average molecular weight is 346 g/mol. The van der Waals surface area contributed by atoms with Crippen molar-refractivity contribution in [2.45, 2.75) is 32.6 Å². The molecule has 0 radical (unpaired) electrons. The van der Waals surface area contributed by atoms with E-state index in [1.165, 1.54) is 24.2 Å². The number of benzene rings is 1. The number of para-hydroxylation sites is 1. The Morgan fingerprint density at radius 3 is 2.54 bits per heavy atom. The second-order valence-corrected chi connectivity index (χ2v) is 6.24. The molecule has 0 aliphatic heterocycles. The third-order valence-electron chi connectivity index (χ3n) is 3.42. The molecule has 2 amide bonds. The molecule has 5 nitrogen and oxygen atoms in total. The predicted molar refractivity (Wildman–Crippen MR) is 95.3 cm³/mol. The van der Waals surface area contributed by atoms with Crippen LogP contribution in [0, 0.1) is 0 Å². The largest absolute Gasteiger partial charge is 0.493 e. The number of hydrogen-bond donors (Lipinski definition) is 2. The van der Waals surface area contributed by atoms with Gasteiger partial charge in [0.1, 0.15) is 5.75 Å². The zero-order valence-corrected chi connectivity index (χ0v) is 14.5. The van der Waals surface area contributed by atoms with Crippen molar-refractivity contribution in [3.63, 3.8) is 0 Å². The first-order valence-electron chi connectivity index (χ1n) is 8.08. The number of rotatable bonds is 8. The van der Waals surface area contributed by atoms with E-state index in [1.54, 1.807) is 35.7 Å². The van der Waals surface area contributed by atoms with Crippen LogP contribution in [0.4, 0.5) is 0 Å². The molecule has 1 heterocycles. The fourth-order valence-electron chi connectivity index (χ4n) is 2.14. The van der Waals surface area contributed by atoms with Gasteiger partial charge in [0.25, 0.3) is 11.8 Å². The van der Waals surface area contributed by atoms with Gasteiger partial charge in [-0.3, -0.25) is 20.4 Å². The van der Waals surface area contributed by atoms with E-state index >= 15 is 0 Å². The van der Waals surface area contributed by atoms with Gasteiger partial charge < -0.3 is 4.74 Å². The van der Waals surface area contributed by atoms with E-state index in [9.17, 15) is 9.59 Å². The minimum absolute atomic E-state index is 0.337. The zero-order valence-electron chi connectivity index (χ0n) is 13.7. The Labute approximate surface area is 146 Å². The molecule has 0 bridgehead atoms. The number of hydrogen-bond acceptors (Lipinski definition) is 4. The molecule has 2 aromatic rings. The molecule has 1 aromatic carbocycles. The first-order chi connectivity index (χ1) is 11.7. The van der Waals surface area contributed by atoms with Gasteiger partial charge in [-0.15, -0.1) is 11.3 Å². The van der Waals surface area contributed by atoms with Crippen LogP contribution in [-0.4, -0.2) is 18.4 Å². The Bertz CT molecular complexity index is 656. The minimum atomic E-state index is -0.399. The molecule has 0 spiro atoms. The lowest BCUT2D eigenvalue weighted by molar-refractivity contribution is 0.0846. The summed E-state index contributed by atoms with van der Waals surface area (Å²) in [7, 11) is 0. The van der Waals surface area contributed by atoms with Crippen LogP contribution in [0.1, 0.15) is 52.6 Å². The maximum absolute atomic E-state index is 12.3. The maximum Gasteiger partial charge on any atom is 0.279 e. The number of amides is 2. The van der Waals surface area contributed by atoms with Crippen molar-refractivity contribution in [3.05, 3.63) is 52.2 Å². The second kappa shape index (κ2) is 9.72. The fraction of sp³-hybridized carbons (Fsp3) is 0.333. The number of thiophene rings is 1. The van der Waals surface area contributed by atoms with E-state index < -0.39 is 5.91 Å². The van der Waals surface area contributed by atoms with Gasteiger partial charge in [0, 0.05) is 0 Å². The van der Waals surface area contributed by atoms with Gasteiger partial charge in [0.05, 0.1) is 17.0 Å². The van der Waals surface area contributed by atoms with Crippen LogP contribution in [0.5, 0.6) is 5.75 Å². The van der Waals surface area contributed by atoms with Crippen molar-refractivity contribution in [2.24, 2.45) is 0 Å². The van der Waals surface area contributed by atoms with Gasteiger partial charge >= 0.3 is 0 Å². The number of carbonyl (C=O) groups is 2. The summed E-state index contributed by atoms with van der Waals surface area (Å²) in [6, 6.07) is 10.5. The van der Waals surface area contributed by atoms with E-state index in [4.69, 9.17) is 4.74 Å². The minimum Gasteiger partial charge on any atom is -0.493 e.